The molecule has 0 spiro atoms. The first-order valence-corrected chi connectivity index (χ1v) is 11.3. The third-order valence-electron chi connectivity index (χ3n) is 5.72. The molecule has 0 unspecified atom stereocenters. The maximum atomic E-state index is 5.61. The first kappa shape index (κ1) is 22.2. The van der Waals surface area contributed by atoms with Crippen LogP contribution >= 0.6 is 0 Å². The Morgan fingerprint density at radius 3 is 1.97 bits per heavy atom. The predicted octanol–water partition coefficient (Wildman–Crippen LogP) is 6.97. The maximum absolute atomic E-state index is 5.61. The van der Waals surface area contributed by atoms with Crippen molar-refractivity contribution in [1.82, 2.24) is 9.78 Å². The van der Waals surface area contributed by atoms with Crippen LogP contribution in [0.5, 0.6) is 11.5 Å². The molecule has 0 saturated heterocycles. The van der Waals surface area contributed by atoms with Gasteiger partial charge in [-0.25, -0.2) is 9.67 Å². The second-order valence-corrected chi connectivity index (χ2v) is 7.90. The van der Waals surface area contributed by atoms with E-state index >= 15 is 0 Å². The van der Waals surface area contributed by atoms with E-state index in [9.17, 15) is 0 Å². The summed E-state index contributed by atoms with van der Waals surface area (Å²) in [6, 6.07) is 36.2. The molecule has 4 aromatic carbocycles. The second kappa shape index (κ2) is 10.1. The number of nitrogens with zero attached hydrogens (tertiary/aromatic N) is 3. The first-order valence-electron chi connectivity index (χ1n) is 11.3. The molecule has 5 nitrogen and oxygen atoms in total. The van der Waals surface area contributed by atoms with E-state index < -0.39 is 0 Å². The van der Waals surface area contributed by atoms with Gasteiger partial charge < -0.3 is 9.47 Å². The van der Waals surface area contributed by atoms with Crippen molar-refractivity contribution in [3.63, 3.8) is 0 Å². The Labute approximate surface area is 204 Å². The Kier molecular flexibility index (Phi) is 6.39. The summed E-state index contributed by atoms with van der Waals surface area (Å²) in [5.74, 6) is 2.04. The molecule has 0 radical (unpaired) electrons. The van der Waals surface area contributed by atoms with Crippen LogP contribution in [0, 0.1) is 0 Å². The standard InChI is InChI=1S/C30H25N3O2/c1-34-26-19-18-24(20-27(26)35-2)28-29(23-14-8-4-9-15-23)32-33(25-16-10-5-11-17-25)30(28)31-21-22-12-6-3-7-13-22/h3-21H,1-2H3/b31-21+. The summed E-state index contributed by atoms with van der Waals surface area (Å²) in [6.07, 6.45) is 1.87. The van der Waals surface area contributed by atoms with Gasteiger partial charge in [0.15, 0.2) is 17.3 Å². The third-order valence-corrected chi connectivity index (χ3v) is 5.72. The van der Waals surface area contributed by atoms with Gasteiger partial charge in [-0.15, -0.1) is 0 Å². The van der Waals surface area contributed by atoms with E-state index in [0.29, 0.717) is 11.5 Å². The molecule has 0 saturated carbocycles. The van der Waals surface area contributed by atoms with Gasteiger partial charge in [0.2, 0.25) is 0 Å². The van der Waals surface area contributed by atoms with Gasteiger partial charge in [-0.3, -0.25) is 0 Å². The zero-order valence-corrected chi connectivity index (χ0v) is 19.6. The molecule has 0 N–H and O–H groups in total. The zero-order chi connectivity index (χ0) is 24.0. The molecule has 0 aliphatic rings. The van der Waals surface area contributed by atoms with E-state index in [-0.39, 0.29) is 0 Å². The lowest BCUT2D eigenvalue weighted by Crippen LogP contribution is -1.96. The van der Waals surface area contributed by atoms with Gasteiger partial charge in [-0.1, -0.05) is 84.9 Å². The third kappa shape index (κ3) is 4.57. The molecule has 0 amide bonds. The van der Waals surface area contributed by atoms with Crippen molar-refractivity contribution in [3.8, 4) is 39.6 Å². The molecule has 5 heteroatoms. The smallest absolute Gasteiger partial charge is 0.164 e. The summed E-state index contributed by atoms with van der Waals surface area (Å²) >= 11 is 0. The Bertz CT molecular complexity index is 1440. The van der Waals surface area contributed by atoms with Crippen molar-refractivity contribution < 1.29 is 9.47 Å². The Morgan fingerprint density at radius 1 is 0.686 bits per heavy atom. The van der Waals surface area contributed by atoms with Crippen LogP contribution < -0.4 is 9.47 Å². The predicted molar refractivity (Wildman–Crippen MR) is 141 cm³/mol. The molecule has 0 bridgehead atoms. The highest BCUT2D eigenvalue weighted by molar-refractivity contribution is 5.92. The highest BCUT2D eigenvalue weighted by Gasteiger charge is 2.22. The number of hydrogen-bond acceptors (Lipinski definition) is 4. The average molecular weight is 460 g/mol. The van der Waals surface area contributed by atoms with Crippen LogP contribution in [-0.4, -0.2) is 30.2 Å². The number of rotatable bonds is 7. The molecule has 0 aliphatic heterocycles. The summed E-state index contributed by atoms with van der Waals surface area (Å²) in [6.45, 7) is 0. The molecule has 172 valence electrons. The average Bonchev–Trinajstić information content (AvgIpc) is 3.32. The van der Waals surface area contributed by atoms with Crippen molar-refractivity contribution in [2.75, 3.05) is 14.2 Å². The molecule has 1 aromatic heterocycles. The van der Waals surface area contributed by atoms with Crippen LogP contribution in [0.15, 0.2) is 114 Å². The summed E-state index contributed by atoms with van der Waals surface area (Å²) in [7, 11) is 3.28. The molecule has 5 rings (SSSR count). The van der Waals surface area contributed by atoms with Gasteiger partial charge in [-0.2, -0.15) is 5.10 Å². The number of para-hydroxylation sites is 1. The highest BCUT2D eigenvalue weighted by Crippen LogP contribution is 2.43. The van der Waals surface area contributed by atoms with E-state index in [1.165, 1.54) is 0 Å². The van der Waals surface area contributed by atoms with E-state index in [1.54, 1.807) is 14.2 Å². The van der Waals surface area contributed by atoms with Gasteiger partial charge in [0.1, 0.15) is 5.69 Å². The van der Waals surface area contributed by atoms with Crippen molar-refractivity contribution >= 4 is 12.0 Å². The number of hydrogen-bond donors (Lipinski definition) is 0. The zero-order valence-electron chi connectivity index (χ0n) is 19.6. The van der Waals surface area contributed by atoms with Crippen molar-refractivity contribution in [1.29, 1.82) is 0 Å². The van der Waals surface area contributed by atoms with Crippen molar-refractivity contribution in [2.24, 2.45) is 4.99 Å². The Morgan fingerprint density at radius 2 is 1.31 bits per heavy atom. The van der Waals surface area contributed by atoms with Gasteiger partial charge in [0.25, 0.3) is 0 Å². The Balaban J connectivity index is 1.80. The quantitative estimate of drug-likeness (QED) is 0.247. The fraction of sp³-hybridized carbons (Fsp3) is 0.0667. The molecule has 5 aromatic rings. The number of aromatic nitrogens is 2. The summed E-state index contributed by atoms with van der Waals surface area (Å²) in [4.78, 5) is 4.98. The topological polar surface area (TPSA) is 48.6 Å². The van der Waals surface area contributed by atoms with Gasteiger partial charge in [0, 0.05) is 11.8 Å². The molecule has 1 heterocycles. The lowest BCUT2D eigenvalue weighted by Gasteiger charge is -2.11. The lowest BCUT2D eigenvalue weighted by molar-refractivity contribution is 0.355. The van der Waals surface area contributed by atoms with E-state index in [4.69, 9.17) is 19.6 Å². The van der Waals surface area contributed by atoms with Gasteiger partial charge in [-0.05, 0) is 35.4 Å². The normalized spacial score (nSPS) is 11.0. The van der Waals surface area contributed by atoms with Crippen LogP contribution in [0.3, 0.4) is 0 Å². The van der Waals surface area contributed by atoms with Crippen LogP contribution in [0.2, 0.25) is 0 Å². The first-order chi connectivity index (χ1) is 17.3. The summed E-state index contributed by atoms with van der Waals surface area (Å²) in [5, 5.41) is 5.07. The van der Waals surface area contributed by atoms with Gasteiger partial charge in [0.05, 0.1) is 25.5 Å². The number of ether oxygens (including phenoxy) is 2. The van der Waals surface area contributed by atoms with Crippen molar-refractivity contribution in [3.05, 3.63) is 115 Å². The fourth-order valence-corrected chi connectivity index (χ4v) is 4.01. The lowest BCUT2D eigenvalue weighted by atomic mass is 10.00. The minimum atomic E-state index is 0.648. The van der Waals surface area contributed by atoms with Crippen LogP contribution in [0.25, 0.3) is 28.1 Å². The molecular formula is C30H25N3O2. The minimum Gasteiger partial charge on any atom is -0.493 e. The summed E-state index contributed by atoms with van der Waals surface area (Å²) in [5.41, 5.74) is 5.62. The second-order valence-electron chi connectivity index (χ2n) is 7.90. The fourth-order valence-electron chi connectivity index (χ4n) is 4.01. The maximum Gasteiger partial charge on any atom is 0.164 e. The minimum absolute atomic E-state index is 0.648. The molecule has 0 atom stereocenters. The number of benzene rings is 4. The number of methoxy groups -OCH3 is 2. The van der Waals surface area contributed by atoms with E-state index in [0.717, 1.165) is 39.5 Å². The van der Waals surface area contributed by atoms with Crippen LogP contribution in [0.1, 0.15) is 5.56 Å². The monoisotopic (exact) mass is 459 g/mol. The van der Waals surface area contributed by atoms with E-state index in [1.807, 2.05) is 108 Å². The van der Waals surface area contributed by atoms with Crippen LogP contribution in [0.4, 0.5) is 5.82 Å². The largest absolute Gasteiger partial charge is 0.493 e. The molecule has 0 aliphatic carbocycles. The van der Waals surface area contributed by atoms with E-state index in [2.05, 4.69) is 12.1 Å². The number of aliphatic imine (C=N–C) groups is 1. The van der Waals surface area contributed by atoms with Gasteiger partial charge >= 0.3 is 0 Å². The van der Waals surface area contributed by atoms with Crippen molar-refractivity contribution in [2.45, 2.75) is 0 Å². The molecule has 35 heavy (non-hydrogen) atoms. The Hall–Kier alpha value is -4.64. The highest BCUT2D eigenvalue weighted by atomic mass is 16.5. The van der Waals surface area contributed by atoms with Crippen LogP contribution in [-0.2, 0) is 0 Å². The summed E-state index contributed by atoms with van der Waals surface area (Å²) < 4.78 is 13.0. The molecule has 0 fully saturated rings. The molecular weight excluding hydrogens is 434 g/mol. The SMILES string of the molecule is COc1ccc(-c2c(-c3ccccc3)nn(-c3ccccc3)c2/N=C/c2ccccc2)cc1OC.